The minimum absolute atomic E-state index is 0.0938. The fourth-order valence-electron chi connectivity index (χ4n) is 7.10. The van der Waals surface area contributed by atoms with Gasteiger partial charge in [0.1, 0.15) is 5.75 Å². The van der Waals surface area contributed by atoms with Gasteiger partial charge in [-0.05, 0) is 94.4 Å². The van der Waals surface area contributed by atoms with Gasteiger partial charge in [-0.25, -0.2) is 0 Å². The number of nitrogens with two attached hydrogens (primary N) is 1. The number of carbonyl (C=O) groups is 3. The molecule has 2 atom stereocenters. The normalized spacial score (nSPS) is 32.4. The van der Waals surface area contributed by atoms with Crippen LogP contribution in [0.1, 0.15) is 87.4 Å². The highest BCUT2D eigenvalue weighted by atomic mass is 16.5. The van der Waals surface area contributed by atoms with Crippen LogP contribution in [0.2, 0.25) is 0 Å². The number of aliphatic carboxylic acids is 1. The monoisotopic (exact) mass is 468 g/mol. The van der Waals surface area contributed by atoms with Crippen LogP contribution in [0.5, 0.6) is 5.75 Å². The Morgan fingerprint density at radius 3 is 2.15 bits per heavy atom. The summed E-state index contributed by atoms with van der Waals surface area (Å²) in [7, 11) is 0. The first-order chi connectivity index (χ1) is 16.4. The summed E-state index contributed by atoms with van der Waals surface area (Å²) in [6.45, 7) is 0.847. The molecule has 2 unspecified atom stereocenters. The molecule has 184 valence electrons. The van der Waals surface area contributed by atoms with E-state index in [1.54, 1.807) is 0 Å². The van der Waals surface area contributed by atoms with E-state index in [2.05, 4.69) is 4.90 Å². The second kappa shape index (κ2) is 8.90. The second-order valence-electron chi connectivity index (χ2n) is 10.9. The van der Waals surface area contributed by atoms with E-state index in [0.717, 1.165) is 19.4 Å². The molecular formula is C27H36N2O5. The number of carbonyl (C=O) groups excluding carboxylic acids is 2. The number of primary amides is 1. The number of carboxylic acids is 1. The number of nitrogens with zero attached hydrogens (tertiary/aromatic N) is 1. The van der Waals surface area contributed by atoms with Crippen LogP contribution in [0.25, 0.3) is 0 Å². The molecule has 1 aromatic carbocycles. The van der Waals surface area contributed by atoms with Crippen molar-refractivity contribution in [2.45, 2.75) is 89.2 Å². The highest BCUT2D eigenvalue weighted by Crippen LogP contribution is 2.64. The predicted molar refractivity (Wildman–Crippen MR) is 126 cm³/mol. The van der Waals surface area contributed by atoms with Crippen LogP contribution in [-0.2, 0) is 9.59 Å². The molecule has 2 amide bonds. The predicted octanol–water partition coefficient (Wildman–Crippen LogP) is 4.14. The van der Waals surface area contributed by atoms with Crippen molar-refractivity contribution in [2.75, 3.05) is 6.54 Å². The van der Waals surface area contributed by atoms with Crippen LogP contribution in [0.15, 0.2) is 24.3 Å². The van der Waals surface area contributed by atoms with E-state index >= 15 is 0 Å². The molecule has 5 rings (SSSR count). The van der Waals surface area contributed by atoms with Gasteiger partial charge in [0.25, 0.3) is 5.91 Å². The number of hydrogen-bond donors (Lipinski definition) is 2. The Hall–Kier alpha value is -2.57. The number of likely N-dealkylation sites (tertiary alicyclic amines) is 1. The molecule has 3 N–H and O–H groups in total. The molecule has 0 spiro atoms. The molecule has 0 aromatic heterocycles. The van der Waals surface area contributed by atoms with Crippen molar-refractivity contribution in [1.29, 1.82) is 0 Å². The smallest absolute Gasteiger partial charge is 0.310 e. The van der Waals surface area contributed by atoms with Crippen molar-refractivity contribution < 1.29 is 24.2 Å². The number of rotatable bonds is 6. The van der Waals surface area contributed by atoms with E-state index in [1.807, 2.05) is 24.3 Å². The molecule has 1 aliphatic heterocycles. The SMILES string of the molecule is NC(=O)C1(C2(C(=O)O)CC2)CCC(Oc2ccc(C(=O)N3CCCC4CCCCC43)cc2)CC1. The Kier molecular flexibility index (Phi) is 6.07. The molecule has 7 heteroatoms. The minimum atomic E-state index is -0.988. The minimum Gasteiger partial charge on any atom is -0.490 e. The number of carboxylic acid groups (broad SMARTS) is 1. The summed E-state index contributed by atoms with van der Waals surface area (Å²) in [4.78, 5) is 39.5. The molecule has 0 bridgehead atoms. The Labute approximate surface area is 201 Å². The first-order valence-corrected chi connectivity index (χ1v) is 13.0. The standard InChI is InChI=1S/C27H36N2O5/c28-24(31)26(27(15-16-27)25(32)33)13-11-21(12-14-26)34-20-9-7-19(8-10-20)23(30)29-17-3-5-18-4-1-2-6-22(18)29/h7-10,18,21-22H,1-6,11-17H2,(H2,28,31)(H,32,33). The lowest BCUT2D eigenvalue weighted by atomic mass is 9.62. The second-order valence-corrected chi connectivity index (χ2v) is 10.9. The van der Waals surface area contributed by atoms with E-state index in [9.17, 15) is 19.5 Å². The van der Waals surface area contributed by atoms with Crippen LogP contribution in [0.3, 0.4) is 0 Å². The summed E-state index contributed by atoms with van der Waals surface area (Å²) in [6.07, 6.45) is 10.2. The molecule has 4 aliphatic rings. The molecule has 4 fully saturated rings. The molecular weight excluding hydrogens is 432 g/mol. The highest BCUT2D eigenvalue weighted by molar-refractivity contribution is 5.94. The summed E-state index contributed by atoms with van der Waals surface area (Å²) in [5, 5.41) is 9.73. The molecule has 1 heterocycles. The van der Waals surface area contributed by atoms with Gasteiger partial charge >= 0.3 is 5.97 Å². The Morgan fingerprint density at radius 1 is 0.882 bits per heavy atom. The van der Waals surface area contributed by atoms with Gasteiger partial charge < -0.3 is 20.5 Å². The van der Waals surface area contributed by atoms with E-state index < -0.39 is 22.7 Å². The summed E-state index contributed by atoms with van der Waals surface area (Å²) in [6, 6.07) is 7.80. The van der Waals surface area contributed by atoms with Crippen molar-refractivity contribution in [3.63, 3.8) is 0 Å². The highest BCUT2D eigenvalue weighted by Gasteiger charge is 2.67. The Balaban J connectivity index is 1.20. The summed E-state index contributed by atoms with van der Waals surface area (Å²) < 4.78 is 6.16. The van der Waals surface area contributed by atoms with Gasteiger partial charge in [-0.1, -0.05) is 12.8 Å². The zero-order valence-electron chi connectivity index (χ0n) is 19.8. The first kappa shape index (κ1) is 23.2. The van der Waals surface area contributed by atoms with Gasteiger partial charge in [0, 0.05) is 18.2 Å². The fourth-order valence-corrected chi connectivity index (χ4v) is 7.10. The largest absolute Gasteiger partial charge is 0.490 e. The average Bonchev–Trinajstić information content (AvgIpc) is 3.67. The summed E-state index contributed by atoms with van der Waals surface area (Å²) in [5.41, 5.74) is 4.47. The molecule has 3 saturated carbocycles. The third-order valence-corrected chi connectivity index (χ3v) is 9.24. The van der Waals surface area contributed by atoms with Crippen molar-refractivity contribution in [2.24, 2.45) is 22.5 Å². The zero-order chi connectivity index (χ0) is 23.9. The maximum absolute atomic E-state index is 13.2. The molecule has 7 nitrogen and oxygen atoms in total. The third-order valence-electron chi connectivity index (χ3n) is 9.24. The van der Waals surface area contributed by atoms with E-state index in [0.29, 0.717) is 61.8 Å². The quantitative estimate of drug-likeness (QED) is 0.652. The third kappa shape index (κ3) is 3.87. The van der Waals surface area contributed by atoms with Gasteiger partial charge in [0.2, 0.25) is 5.91 Å². The van der Waals surface area contributed by atoms with Gasteiger partial charge in [-0.2, -0.15) is 0 Å². The Bertz CT molecular complexity index is 944. The first-order valence-electron chi connectivity index (χ1n) is 13.0. The molecule has 0 radical (unpaired) electrons. The topological polar surface area (TPSA) is 110 Å². The van der Waals surface area contributed by atoms with Crippen LogP contribution in [0, 0.1) is 16.7 Å². The van der Waals surface area contributed by atoms with Gasteiger partial charge in [0.05, 0.1) is 16.9 Å². The van der Waals surface area contributed by atoms with Crippen LogP contribution in [0.4, 0.5) is 0 Å². The lowest BCUT2D eigenvalue weighted by Crippen LogP contribution is -2.51. The number of benzene rings is 1. The van der Waals surface area contributed by atoms with Gasteiger partial charge in [-0.3, -0.25) is 14.4 Å². The number of fused-ring (bicyclic) bond motifs is 1. The van der Waals surface area contributed by atoms with Gasteiger partial charge in [0.15, 0.2) is 0 Å². The number of hydrogen-bond acceptors (Lipinski definition) is 4. The summed E-state index contributed by atoms with van der Waals surface area (Å²) in [5.74, 6) is 0.0757. The lowest BCUT2D eigenvalue weighted by molar-refractivity contribution is -0.158. The molecule has 3 aliphatic carbocycles. The van der Waals surface area contributed by atoms with Crippen molar-refractivity contribution in [1.82, 2.24) is 4.90 Å². The molecule has 1 saturated heterocycles. The fraction of sp³-hybridized carbons (Fsp3) is 0.667. The maximum atomic E-state index is 13.2. The molecule has 1 aromatic rings. The van der Waals surface area contributed by atoms with E-state index in [4.69, 9.17) is 10.5 Å². The van der Waals surface area contributed by atoms with Crippen LogP contribution >= 0.6 is 0 Å². The number of ether oxygens (including phenoxy) is 1. The number of amides is 2. The summed E-state index contributed by atoms with van der Waals surface area (Å²) >= 11 is 0. The molecule has 34 heavy (non-hydrogen) atoms. The lowest BCUT2D eigenvalue weighted by Gasteiger charge is -2.44. The van der Waals surface area contributed by atoms with E-state index in [1.165, 1.54) is 25.7 Å². The van der Waals surface area contributed by atoms with Crippen molar-refractivity contribution in [3.8, 4) is 5.75 Å². The van der Waals surface area contributed by atoms with Crippen molar-refractivity contribution in [3.05, 3.63) is 29.8 Å². The number of piperidine rings is 1. The Morgan fingerprint density at radius 2 is 1.53 bits per heavy atom. The van der Waals surface area contributed by atoms with Crippen molar-refractivity contribution >= 4 is 17.8 Å². The van der Waals surface area contributed by atoms with Crippen LogP contribution < -0.4 is 10.5 Å². The zero-order valence-corrected chi connectivity index (χ0v) is 19.8. The maximum Gasteiger partial charge on any atom is 0.310 e. The van der Waals surface area contributed by atoms with Gasteiger partial charge in [-0.15, -0.1) is 0 Å². The van der Waals surface area contributed by atoms with E-state index in [-0.39, 0.29) is 12.0 Å². The van der Waals surface area contributed by atoms with Crippen LogP contribution in [-0.4, -0.2) is 46.5 Å². The average molecular weight is 469 g/mol.